The Kier molecular flexibility index (Phi) is 5.91. The first-order valence-electron chi connectivity index (χ1n) is 9.35. The molecule has 0 aromatic heterocycles. The van der Waals surface area contributed by atoms with Gasteiger partial charge in [-0.25, -0.2) is 4.79 Å². The van der Waals surface area contributed by atoms with Crippen LogP contribution in [0.1, 0.15) is 45.5 Å². The van der Waals surface area contributed by atoms with Crippen molar-refractivity contribution in [2.75, 3.05) is 20.2 Å². The molecule has 0 aliphatic carbocycles. The van der Waals surface area contributed by atoms with Crippen molar-refractivity contribution in [2.24, 2.45) is 5.73 Å². The molecular weight excluding hydrogens is 340 g/mol. The summed E-state index contributed by atoms with van der Waals surface area (Å²) in [6.45, 7) is 3.21. The monoisotopic (exact) mass is 366 g/mol. The predicted octanol–water partition coefficient (Wildman–Crippen LogP) is 3.40. The molecule has 3 rings (SSSR count). The van der Waals surface area contributed by atoms with E-state index in [4.69, 9.17) is 10.5 Å². The molecule has 1 heterocycles. The molecule has 5 heteroatoms. The average Bonchev–Trinajstić information content (AvgIpc) is 2.72. The number of carbonyl (C=O) groups excluding carboxylic acids is 2. The summed E-state index contributed by atoms with van der Waals surface area (Å²) in [5.41, 5.74) is 9.96. The molecule has 5 nitrogen and oxygen atoms in total. The number of aryl methyl sites for hydroxylation is 1. The van der Waals surface area contributed by atoms with Gasteiger partial charge in [0, 0.05) is 24.7 Å². The Hall–Kier alpha value is -2.66. The molecule has 0 radical (unpaired) electrons. The first kappa shape index (κ1) is 19.1. The molecule has 1 aliphatic heterocycles. The summed E-state index contributed by atoms with van der Waals surface area (Å²) < 4.78 is 4.78. The number of rotatable bonds is 4. The largest absolute Gasteiger partial charge is 0.465 e. The maximum atomic E-state index is 13.0. The second-order valence-electron chi connectivity index (χ2n) is 6.99. The zero-order valence-electron chi connectivity index (χ0n) is 15.9. The molecular formula is C22H26N2O3. The Morgan fingerprint density at radius 1 is 1.15 bits per heavy atom. The van der Waals surface area contributed by atoms with Crippen molar-refractivity contribution in [1.82, 2.24) is 4.90 Å². The van der Waals surface area contributed by atoms with E-state index in [1.54, 1.807) is 6.07 Å². The van der Waals surface area contributed by atoms with E-state index in [9.17, 15) is 9.59 Å². The van der Waals surface area contributed by atoms with E-state index >= 15 is 0 Å². The maximum Gasteiger partial charge on any atom is 0.337 e. The van der Waals surface area contributed by atoms with Gasteiger partial charge < -0.3 is 15.4 Å². The number of hydrogen-bond acceptors (Lipinski definition) is 4. The van der Waals surface area contributed by atoms with Gasteiger partial charge in [-0.1, -0.05) is 18.2 Å². The number of piperidine rings is 1. The zero-order chi connectivity index (χ0) is 19.4. The van der Waals surface area contributed by atoms with Gasteiger partial charge in [0.05, 0.1) is 12.7 Å². The molecule has 1 fully saturated rings. The van der Waals surface area contributed by atoms with Crippen LogP contribution in [0.15, 0.2) is 42.5 Å². The molecule has 1 amide bonds. The number of amides is 1. The summed E-state index contributed by atoms with van der Waals surface area (Å²) in [6, 6.07) is 13.2. The van der Waals surface area contributed by atoms with Gasteiger partial charge in [-0.2, -0.15) is 0 Å². The van der Waals surface area contributed by atoms with Crippen LogP contribution in [0, 0.1) is 6.92 Å². The van der Waals surface area contributed by atoms with Crippen LogP contribution < -0.4 is 5.73 Å². The second-order valence-corrected chi connectivity index (χ2v) is 6.99. The van der Waals surface area contributed by atoms with Crippen LogP contribution in [0.3, 0.4) is 0 Å². The quantitative estimate of drug-likeness (QED) is 0.842. The Balaban J connectivity index is 1.89. The van der Waals surface area contributed by atoms with E-state index in [2.05, 4.69) is 0 Å². The van der Waals surface area contributed by atoms with Crippen molar-refractivity contribution < 1.29 is 14.3 Å². The summed E-state index contributed by atoms with van der Waals surface area (Å²) in [6.07, 6.45) is 3.11. The molecule has 0 unspecified atom stereocenters. The molecule has 27 heavy (non-hydrogen) atoms. The Morgan fingerprint density at radius 3 is 2.67 bits per heavy atom. The normalized spacial score (nSPS) is 16.9. The van der Waals surface area contributed by atoms with E-state index in [1.165, 1.54) is 7.11 Å². The summed E-state index contributed by atoms with van der Waals surface area (Å²) in [4.78, 5) is 26.7. The van der Waals surface area contributed by atoms with Crippen molar-refractivity contribution >= 4 is 11.9 Å². The second kappa shape index (κ2) is 8.35. The molecule has 1 atom stereocenters. The third-order valence-electron chi connectivity index (χ3n) is 5.23. The number of ether oxygens (including phenoxy) is 1. The third kappa shape index (κ3) is 4.03. The molecule has 2 N–H and O–H groups in total. The van der Waals surface area contributed by atoms with Crippen molar-refractivity contribution in [3.63, 3.8) is 0 Å². The van der Waals surface area contributed by atoms with Crippen LogP contribution in [0.4, 0.5) is 0 Å². The van der Waals surface area contributed by atoms with E-state index in [0.717, 1.165) is 42.5 Å². The molecule has 0 spiro atoms. The van der Waals surface area contributed by atoms with Gasteiger partial charge in [0.25, 0.3) is 5.91 Å². The molecule has 1 aliphatic rings. The number of nitrogens with zero attached hydrogens (tertiary/aromatic N) is 1. The van der Waals surface area contributed by atoms with Gasteiger partial charge >= 0.3 is 5.97 Å². The number of likely N-dealkylation sites (tertiary alicyclic amines) is 1. The number of esters is 1. The van der Waals surface area contributed by atoms with Crippen molar-refractivity contribution in [1.29, 1.82) is 0 Å². The van der Waals surface area contributed by atoms with Gasteiger partial charge in [-0.3, -0.25) is 4.79 Å². The number of nitrogens with two attached hydrogens (primary N) is 1. The fraction of sp³-hybridized carbons (Fsp3) is 0.364. The standard InChI is InChI=1S/C22H26N2O3/c1-15-12-18(22(26)27-2)9-10-20(15)16-6-5-7-17(13-16)21(25)24-11-4-3-8-19(24)14-23/h5-7,9-10,12-13,19H,3-4,8,11,14,23H2,1-2H3/t19-/m1/s1. The van der Waals surface area contributed by atoms with Crippen LogP contribution in [0.25, 0.3) is 11.1 Å². The minimum atomic E-state index is -0.355. The number of hydrogen-bond donors (Lipinski definition) is 1. The fourth-order valence-electron chi connectivity index (χ4n) is 3.73. The third-order valence-corrected chi connectivity index (χ3v) is 5.23. The highest BCUT2D eigenvalue weighted by Crippen LogP contribution is 2.27. The van der Waals surface area contributed by atoms with Gasteiger partial charge in [0.2, 0.25) is 0 Å². The van der Waals surface area contributed by atoms with E-state index in [-0.39, 0.29) is 17.9 Å². The van der Waals surface area contributed by atoms with Crippen LogP contribution in [0.5, 0.6) is 0 Å². The van der Waals surface area contributed by atoms with Gasteiger partial charge in [-0.15, -0.1) is 0 Å². The minimum Gasteiger partial charge on any atom is -0.465 e. The highest BCUT2D eigenvalue weighted by Gasteiger charge is 2.26. The van der Waals surface area contributed by atoms with E-state index < -0.39 is 0 Å². The summed E-state index contributed by atoms with van der Waals surface area (Å²) >= 11 is 0. The molecule has 2 aromatic carbocycles. The van der Waals surface area contributed by atoms with Crippen LogP contribution in [0.2, 0.25) is 0 Å². The summed E-state index contributed by atoms with van der Waals surface area (Å²) in [5, 5.41) is 0. The Morgan fingerprint density at radius 2 is 1.96 bits per heavy atom. The lowest BCUT2D eigenvalue weighted by atomic mass is 9.96. The van der Waals surface area contributed by atoms with E-state index in [0.29, 0.717) is 17.7 Å². The van der Waals surface area contributed by atoms with E-state index in [1.807, 2.05) is 48.2 Å². The van der Waals surface area contributed by atoms with Gasteiger partial charge in [0.1, 0.15) is 0 Å². The topological polar surface area (TPSA) is 72.6 Å². The van der Waals surface area contributed by atoms with Crippen LogP contribution >= 0.6 is 0 Å². The lowest BCUT2D eigenvalue weighted by Gasteiger charge is -2.35. The number of methoxy groups -OCH3 is 1. The predicted molar refractivity (Wildman–Crippen MR) is 106 cm³/mol. The molecule has 142 valence electrons. The zero-order valence-corrected chi connectivity index (χ0v) is 15.9. The molecule has 1 saturated heterocycles. The number of carbonyl (C=O) groups is 2. The molecule has 0 bridgehead atoms. The highest BCUT2D eigenvalue weighted by molar-refractivity contribution is 5.96. The first-order chi connectivity index (χ1) is 13.0. The van der Waals surface area contributed by atoms with Crippen molar-refractivity contribution in [3.8, 4) is 11.1 Å². The number of benzene rings is 2. The molecule has 0 saturated carbocycles. The minimum absolute atomic E-state index is 0.0378. The lowest BCUT2D eigenvalue weighted by molar-refractivity contribution is 0.0598. The molecule has 2 aromatic rings. The van der Waals surface area contributed by atoms with Crippen LogP contribution in [-0.2, 0) is 4.74 Å². The van der Waals surface area contributed by atoms with Gasteiger partial charge in [0.15, 0.2) is 0 Å². The maximum absolute atomic E-state index is 13.0. The highest BCUT2D eigenvalue weighted by atomic mass is 16.5. The first-order valence-corrected chi connectivity index (χ1v) is 9.35. The van der Waals surface area contributed by atoms with Crippen molar-refractivity contribution in [2.45, 2.75) is 32.2 Å². The smallest absolute Gasteiger partial charge is 0.337 e. The SMILES string of the molecule is COC(=O)c1ccc(-c2cccc(C(=O)N3CCCC[C@@H]3CN)c2)c(C)c1. The van der Waals surface area contributed by atoms with Gasteiger partial charge in [-0.05, 0) is 67.1 Å². The summed E-state index contributed by atoms with van der Waals surface area (Å²) in [7, 11) is 1.37. The van der Waals surface area contributed by atoms with Crippen molar-refractivity contribution in [3.05, 3.63) is 59.2 Å². The Labute approximate surface area is 160 Å². The summed E-state index contributed by atoms with van der Waals surface area (Å²) in [5.74, 6) is -0.317. The lowest BCUT2D eigenvalue weighted by Crippen LogP contribution is -2.47. The average molecular weight is 366 g/mol. The fourth-order valence-corrected chi connectivity index (χ4v) is 3.73. The Bertz CT molecular complexity index is 847. The van der Waals surface area contributed by atoms with Crippen LogP contribution in [-0.4, -0.2) is 43.0 Å².